The summed E-state index contributed by atoms with van der Waals surface area (Å²) in [7, 11) is 1.60. The average molecular weight is 445 g/mol. The highest BCUT2D eigenvalue weighted by Crippen LogP contribution is 2.20. The van der Waals surface area contributed by atoms with Crippen LogP contribution in [0.1, 0.15) is 38.2 Å². The van der Waals surface area contributed by atoms with Gasteiger partial charge in [-0.3, -0.25) is 9.59 Å². The molecular weight excluding hydrogens is 416 g/mol. The second kappa shape index (κ2) is 11.0. The maximum absolute atomic E-state index is 13.1. The maximum atomic E-state index is 13.1. The van der Waals surface area contributed by atoms with Crippen molar-refractivity contribution in [2.45, 2.75) is 51.2 Å². The number of nitrogens with one attached hydrogen (secondary N) is 1. The molecule has 3 rings (SSSR count). The van der Waals surface area contributed by atoms with Gasteiger partial charge in [0.05, 0.1) is 7.11 Å². The van der Waals surface area contributed by atoms with Crippen LogP contribution in [0.15, 0.2) is 48.5 Å². The van der Waals surface area contributed by atoms with Crippen molar-refractivity contribution < 1.29 is 19.1 Å². The second-order valence-electron chi connectivity index (χ2n) is 7.78. The average Bonchev–Trinajstić information content (AvgIpc) is 3.29. The molecular formula is C24H29ClN2O4. The number of carbonyl (C=O) groups is 2. The van der Waals surface area contributed by atoms with Crippen LogP contribution in [0, 0.1) is 0 Å². The van der Waals surface area contributed by atoms with Crippen molar-refractivity contribution in [3.8, 4) is 11.5 Å². The van der Waals surface area contributed by atoms with E-state index in [2.05, 4.69) is 5.32 Å². The fourth-order valence-corrected chi connectivity index (χ4v) is 3.87. The van der Waals surface area contributed by atoms with Crippen LogP contribution >= 0.6 is 11.6 Å². The number of benzene rings is 2. The van der Waals surface area contributed by atoms with E-state index in [0.29, 0.717) is 17.3 Å². The molecule has 0 aromatic heterocycles. The van der Waals surface area contributed by atoms with Crippen LogP contribution in [0.3, 0.4) is 0 Å². The predicted octanol–water partition coefficient (Wildman–Crippen LogP) is 4.20. The van der Waals surface area contributed by atoms with Crippen LogP contribution in [-0.2, 0) is 16.1 Å². The Morgan fingerprint density at radius 3 is 2.48 bits per heavy atom. The number of rotatable bonds is 9. The Labute approximate surface area is 188 Å². The molecule has 1 fully saturated rings. The summed E-state index contributed by atoms with van der Waals surface area (Å²) in [5, 5.41) is 3.62. The van der Waals surface area contributed by atoms with Gasteiger partial charge in [-0.25, -0.2) is 0 Å². The molecule has 0 aliphatic heterocycles. The summed E-state index contributed by atoms with van der Waals surface area (Å²) in [5.74, 6) is 0.827. The molecule has 1 aliphatic carbocycles. The van der Waals surface area contributed by atoms with Crippen molar-refractivity contribution >= 4 is 23.4 Å². The molecule has 2 aromatic rings. The minimum absolute atomic E-state index is 0.142. The molecule has 6 nitrogen and oxygen atoms in total. The van der Waals surface area contributed by atoms with Gasteiger partial charge in [-0.2, -0.15) is 0 Å². The molecule has 0 spiro atoms. The predicted molar refractivity (Wildman–Crippen MR) is 120 cm³/mol. The van der Waals surface area contributed by atoms with Crippen molar-refractivity contribution in [1.29, 1.82) is 0 Å². The molecule has 0 unspecified atom stereocenters. The van der Waals surface area contributed by atoms with Gasteiger partial charge in [0, 0.05) is 17.6 Å². The second-order valence-corrected chi connectivity index (χ2v) is 8.22. The largest absolute Gasteiger partial charge is 0.497 e. The van der Waals surface area contributed by atoms with Gasteiger partial charge in [-0.1, -0.05) is 42.6 Å². The number of hydrogen-bond donors (Lipinski definition) is 1. The van der Waals surface area contributed by atoms with Gasteiger partial charge in [-0.15, -0.1) is 0 Å². The van der Waals surface area contributed by atoms with Crippen molar-refractivity contribution in [3.63, 3.8) is 0 Å². The lowest BCUT2D eigenvalue weighted by molar-refractivity contribution is -0.142. The highest BCUT2D eigenvalue weighted by atomic mass is 35.5. The van der Waals surface area contributed by atoms with E-state index in [1.165, 1.54) is 0 Å². The van der Waals surface area contributed by atoms with Gasteiger partial charge < -0.3 is 19.7 Å². The SMILES string of the molecule is COc1ccc(CN(C(=O)COc2cccc(Cl)c2)[C@H](C)C(=O)NC2CCCC2)cc1. The van der Waals surface area contributed by atoms with E-state index in [4.69, 9.17) is 21.1 Å². The van der Waals surface area contributed by atoms with Crippen molar-refractivity contribution in [3.05, 3.63) is 59.1 Å². The van der Waals surface area contributed by atoms with E-state index < -0.39 is 6.04 Å². The van der Waals surface area contributed by atoms with Crippen LogP contribution in [-0.4, -0.2) is 42.5 Å². The Bertz CT molecular complexity index is 881. The lowest BCUT2D eigenvalue weighted by atomic mass is 10.1. The molecule has 2 amide bonds. The number of amides is 2. The summed E-state index contributed by atoms with van der Waals surface area (Å²) >= 11 is 5.99. The van der Waals surface area contributed by atoms with Crippen molar-refractivity contribution in [1.82, 2.24) is 10.2 Å². The van der Waals surface area contributed by atoms with Crippen LogP contribution in [0.2, 0.25) is 5.02 Å². The highest BCUT2D eigenvalue weighted by Gasteiger charge is 2.28. The monoisotopic (exact) mass is 444 g/mol. The standard InChI is InChI=1S/C24H29ClN2O4/c1-17(24(29)26-20-7-3-4-8-20)27(15-18-10-12-21(30-2)13-11-18)23(28)16-31-22-9-5-6-19(25)14-22/h5-6,9-14,17,20H,3-4,7-8,15-16H2,1-2H3,(H,26,29)/t17-/m1/s1. The molecule has 1 saturated carbocycles. The van der Waals surface area contributed by atoms with E-state index >= 15 is 0 Å². The molecule has 0 bridgehead atoms. The zero-order chi connectivity index (χ0) is 22.2. The lowest BCUT2D eigenvalue weighted by Crippen LogP contribution is -2.50. The summed E-state index contributed by atoms with van der Waals surface area (Å²) < 4.78 is 10.8. The molecule has 31 heavy (non-hydrogen) atoms. The van der Waals surface area contributed by atoms with Gasteiger partial charge in [0.25, 0.3) is 5.91 Å². The minimum atomic E-state index is -0.627. The third-order valence-electron chi connectivity index (χ3n) is 5.54. The Kier molecular flexibility index (Phi) is 8.18. The van der Waals surface area contributed by atoms with E-state index in [-0.39, 0.29) is 24.5 Å². The third kappa shape index (κ3) is 6.62. The molecule has 1 aliphatic rings. The molecule has 166 valence electrons. The topological polar surface area (TPSA) is 67.9 Å². The quantitative estimate of drug-likeness (QED) is 0.629. The van der Waals surface area contributed by atoms with E-state index in [9.17, 15) is 9.59 Å². The third-order valence-corrected chi connectivity index (χ3v) is 5.77. The van der Waals surface area contributed by atoms with Gasteiger partial charge >= 0.3 is 0 Å². The number of nitrogens with zero attached hydrogens (tertiary/aromatic N) is 1. The Balaban J connectivity index is 1.71. The smallest absolute Gasteiger partial charge is 0.261 e. The first-order chi connectivity index (χ1) is 15.0. The normalized spacial score (nSPS) is 14.7. The summed E-state index contributed by atoms with van der Waals surface area (Å²) in [4.78, 5) is 27.5. The fraction of sp³-hybridized carbons (Fsp3) is 0.417. The van der Waals surface area contributed by atoms with Crippen LogP contribution in [0.4, 0.5) is 0 Å². The van der Waals surface area contributed by atoms with Gasteiger partial charge in [0.1, 0.15) is 17.5 Å². The van der Waals surface area contributed by atoms with Gasteiger partial charge in [-0.05, 0) is 55.7 Å². The van der Waals surface area contributed by atoms with Gasteiger partial charge in [0.15, 0.2) is 6.61 Å². The maximum Gasteiger partial charge on any atom is 0.261 e. The van der Waals surface area contributed by atoms with Gasteiger partial charge in [0.2, 0.25) is 5.91 Å². The number of carbonyl (C=O) groups excluding carboxylic acids is 2. The molecule has 0 radical (unpaired) electrons. The number of hydrogen-bond acceptors (Lipinski definition) is 4. The Hall–Kier alpha value is -2.73. The molecule has 7 heteroatoms. The first-order valence-electron chi connectivity index (χ1n) is 10.6. The van der Waals surface area contributed by atoms with Crippen molar-refractivity contribution in [2.75, 3.05) is 13.7 Å². The Morgan fingerprint density at radius 1 is 1.13 bits per heavy atom. The van der Waals surface area contributed by atoms with Crippen LogP contribution in [0.25, 0.3) is 0 Å². The molecule has 1 N–H and O–H groups in total. The highest BCUT2D eigenvalue weighted by molar-refractivity contribution is 6.30. The lowest BCUT2D eigenvalue weighted by Gasteiger charge is -2.29. The number of halogens is 1. The summed E-state index contributed by atoms with van der Waals surface area (Å²) in [6.45, 7) is 1.86. The van der Waals surface area contributed by atoms with E-state index in [1.54, 1.807) is 43.2 Å². The summed E-state index contributed by atoms with van der Waals surface area (Å²) in [5.41, 5.74) is 0.900. The van der Waals surface area contributed by atoms with Crippen molar-refractivity contribution in [2.24, 2.45) is 0 Å². The molecule has 1 atom stereocenters. The summed E-state index contributed by atoms with van der Waals surface area (Å²) in [6.07, 6.45) is 4.23. The molecule has 0 heterocycles. The zero-order valence-electron chi connectivity index (χ0n) is 18.0. The first-order valence-corrected chi connectivity index (χ1v) is 10.9. The fourth-order valence-electron chi connectivity index (χ4n) is 3.69. The van der Waals surface area contributed by atoms with Crippen LogP contribution in [0.5, 0.6) is 11.5 Å². The number of ether oxygens (including phenoxy) is 2. The Morgan fingerprint density at radius 2 is 1.84 bits per heavy atom. The van der Waals surface area contributed by atoms with E-state index in [1.807, 2.05) is 24.3 Å². The van der Waals surface area contributed by atoms with E-state index in [0.717, 1.165) is 37.0 Å². The number of methoxy groups -OCH3 is 1. The first kappa shape index (κ1) is 22.9. The summed E-state index contributed by atoms with van der Waals surface area (Å²) in [6, 6.07) is 13.9. The van der Waals surface area contributed by atoms with Crippen LogP contribution < -0.4 is 14.8 Å². The minimum Gasteiger partial charge on any atom is -0.497 e. The zero-order valence-corrected chi connectivity index (χ0v) is 18.7. The molecule has 0 saturated heterocycles. The molecule has 2 aromatic carbocycles.